The van der Waals surface area contributed by atoms with E-state index in [0.29, 0.717) is 18.1 Å². The van der Waals surface area contributed by atoms with Gasteiger partial charge in [-0.05, 0) is 30.5 Å². The van der Waals surface area contributed by atoms with Gasteiger partial charge in [0.05, 0.1) is 10.7 Å². The molecule has 5 nitrogen and oxygen atoms in total. The predicted molar refractivity (Wildman–Crippen MR) is 114 cm³/mol. The lowest BCUT2D eigenvalue weighted by Crippen LogP contribution is -2.38. The standard InChI is InChI=1S/C21H24ClN3O2S/c1-15(26)23-11-10-18-14-28-21(24-18)17-6-4-12-25(13-17)20(27)9-8-16-5-2-3-7-19(16)22/h2-3,5,7-9,14,17H,4,6,10-13H2,1H3,(H,23,26). The first-order valence-corrected chi connectivity index (χ1v) is 10.7. The summed E-state index contributed by atoms with van der Waals surface area (Å²) in [5.41, 5.74) is 1.84. The second-order valence-electron chi connectivity index (χ2n) is 6.89. The summed E-state index contributed by atoms with van der Waals surface area (Å²) >= 11 is 7.79. The number of carbonyl (C=O) groups is 2. The minimum absolute atomic E-state index is 0.00653. The number of halogens is 1. The maximum Gasteiger partial charge on any atom is 0.246 e. The molecule has 28 heavy (non-hydrogen) atoms. The van der Waals surface area contributed by atoms with E-state index in [1.165, 1.54) is 6.92 Å². The molecule has 2 aromatic rings. The van der Waals surface area contributed by atoms with E-state index < -0.39 is 0 Å². The smallest absolute Gasteiger partial charge is 0.246 e. The molecular formula is C21H24ClN3O2S. The van der Waals surface area contributed by atoms with Crippen LogP contribution in [0, 0.1) is 0 Å². The fourth-order valence-electron chi connectivity index (χ4n) is 3.25. The van der Waals surface area contributed by atoms with E-state index in [2.05, 4.69) is 10.7 Å². The van der Waals surface area contributed by atoms with Crippen LogP contribution >= 0.6 is 22.9 Å². The Bertz CT molecular complexity index is 865. The molecule has 0 bridgehead atoms. The normalized spacial score (nSPS) is 17.1. The van der Waals surface area contributed by atoms with Gasteiger partial charge in [0, 0.05) is 55.4 Å². The van der Waals surface area contributed by atoms with Crippen molar-refractivity contribution in [2.45, 2.75) is 32.1 Å². The molecule has 1 fully saturated rings. The number of rotatable bonds is 6. The van der Waals surface area contributed by atoms with Crippen molar-refractivity contribution >= 4 is 40.8 Å². The number of hydrogen-bond acceptors (Lipinski definition) is 4. The molecule has 2 heterocycles. The number of nitrogens with zero attached hydrogens (tertiary/aromatic N) is 2. The van der Waals surface area contributed by atoms with Gasteiger partial charge < -0.3 is 10.2 Å². The Labute approximate surface area is 174 Å². The van der Waals surface area contributed by atoms with E-state index in [0.717, 1.165) is 42.1 Å². The summed E-state index contributed by atoms with van der Waals surface area (Å²) in [4.78, 5) is 30.2. The molecule has 1 atom stereocenters. The van der Waals surface area contributed by atoms with Crippen LogP contribution in [0.4, 0.5) is 0 Å². The van der Waals surface area contributed by atoms with Crippen molar-refractivity contribution in [3.8, 4) is 0 Å². The van der Waals surface area contributed by atoms with Gasteiger partial charge in [0.15, 0.2) is 0 Å². The minimum Gasteiger partial charge on any atom is -0.356 e. The Kier molecular flexibility index (Phi) is 7.23. The molecule has 1 aromatic carbocycles. The molecule has 3 rings (SSSR count). The van der Waals surface area contributed by atoms with Crippen LogP contribution in [0.1, 0.15) is 41.9 Å². The third-order valence-electron chi connectivity index (χ3n) is 4.72. The van der Waals surface area contributed by atoms with Gasteiger partial charge in [0.25, 0.3) is 0 Å². The topological polar surface area (TPSA) is 62.3 Å². The predicted octanol–water partition coefficient (Wildman–Crippen LogP) is 3.89. The van der Waals surface area contributed by atoms with Crippen molar-refractivity contribution in [1.29, 1.82) is 0 Å². The number of thiazole rings is 1. The molecule has 0 radical (unpaired) electrons. The average molecular weight is 418 g/mol. The summed E-state index contributed by atoms with van der Waals surface area (Å²) in [5.74, 6) is 0.250. The van der Waals surface area contributed by atoms with E-state index in [-0.39, 0.29) is 17.7 Å². The van der Waals surface area contributed by atoms with Gasteiger partial charge in [-0.25, -0.2) is 4.98 Å². The van der Waals surface area contributed by atoms with Crippen LogP contribution < -0.4 is 5.32 Å². The van der Waals surface area contributed by atoms with Gasteiger partial charge >= 0.3 is 0 Å². The van der Waals surface area contributed by atoms with E-state index in [4.69, 9.17) is 16.6 Å². The minimum atomic E-state index is -0.0262. The number of nitrogens with one attached hydrogen (secondary N) is 1. The molecule has 0 saturated carbocycles. The third kappa shape index (κ3) is 5.66. The first-order chi connectivity index (χ1) is 13.5. The van der Waals surface area contributed by atoms with Crippen molar-refractivity contribution in [1.82, 2.24) is 15.2 Å². The molecule has 1 aromatic heterocycles. The maximum absolute atomic E-state index is 12.6. The van der Waals surface area contributed by atoms with Crippen LogP contribution in [0.2, 0.25) is 5.02 Å². The highest BCUT2D eigenvalue weighted by atomic mass is 35.5. The fraction of sp³-hybridized carbons (Fsp3) is 0.381. The Morgan fingerprint density at radius 3 is 3.00 bits per heavy atom. The molecular weight excluding hydrogens is 394 g/mol. The second kappa shape index (κ2) is 9.85. The summed E-state index contributed by atoms with van der Waals surface area (Å²) < 4.78 is 0. The molecule has 1 aliphatic heterocycles. The monoisotopic (exact) mass is 417 g/mol. The number of piperidine rings is 1. The zero-order valence-corrected chi connectivity index (χ0v) is 17.4. The molecule has 148 valence electrons. The summed E-state index contributed by atoms with van der Waals surface area (Å²) in [6.45, 7) is 3.56. The molecule has 1 N–H and O–H groups in total. The quantitative estimate of drug-likeness (QED) is 0.725. The van der Waals surface area contributed by atoms with Gasteiger partial charge in [-0.15, -0.1) is 11.3 Å². The highest BCUT2D eigenvalue weighted by Crippen LogP contribution is 2.29. The number of hydrogen-bond donors (Lipinski definition) is 1. The third-order valence-corrected chi connectivity index (χ3v) is 6.12. The van der Waals surface area contributed by atoms with Crippen LogP contribution in [-0.2, 0) is 16.0 Å². The largest absolute Gasteiger partial charge is 0.356 e. The first-order valence-electron chi connectivity index (χ1n) is 9.43. The van der Waals surface area contributed by atoms with E-state index in [1.807, 2.05) is 29.2 Å². The van der Waals surface area contributed by atoms with Gasteiger partial charge in [-0.2, -0.15) is 0 Å². The highest BCUT2D eigenvalue weighted by molar-refractivity contribution is 7.09. The van der Waals surface area contributed by atoms with Gasteiger partial charge in [0.2, 0.25) is 11.8 Å². The number of benzene rings is 1. The first kappa shape index (κ1) is 20.6. The molecule has 1 saturated heterocycles. The van der Waals surface area contributed by atoms with Crippen molar-refractivity contribution < 1.29 is 9.59 Å². The van der Waals surface area contributed by atoms with Crippen molar-refractivity contribution in [2.24, 2.45) is 0 Å². The SMILES string of the molecule is CC(=O)NCCc1csc(C2CCCN(C(=O)C=Cc3ccccc3Cl)C2)n1. The van der Waals surface area contributed by atoms with E-state index >= 15 is 0 Å². The molecule has 2 amide bonds. The van der Waals surface area contributed by atoms with E-state index in [9.17, 15) is 9.59 Å². The average Bonchev–Trinajstić information content (AvgIpc) is 3.16. The molecule has 0 aliphatic carbocycles. The molecule has 7 heteroatoms. The zero-order chi connectivity index (χ0) is 19.9. The van der Waals surface area contributed by atoms with Gasteiger partial charge in [0.1, 0.15) is 0 Å². The van der Waals surface area contributed by atoms with Crippen molar-refractivity contribution in [3.05, 3.63) is 57.0 Å². The molecule has 1 aliphatic rings. The lowest BCUT2D eigenvalue weighted by atomic mass is 9.98. The Morgan fingerprint density at radius 2 is 2.21 bits per heavy atom. The number of likely N-dealkylation sites (tertiary alicyclic amines) is 1. The van der Waals surface area contributed by atoms with Crippen molar-refractivity contribution in [3.63, 3.8) is 0 Å². The van der Waals surface area contributed by atoms with E-state index in [1.54, 1.807) is 23.5 Å². The number of aromatic nitrogens is 1. The summed E-state index contributed by atoms with van der Waals surface area (Å²) in [5, 5.41) is 6.55. The zero-order valence-electron chi connectivity index (χ0n) is 15.9. The summed E-state index contributed by atoms with van der Waals surface area (Å²) in [7, 11) is 0. The highest BCUT2D eigenvalue weighted by Gasteiger charge is 2.25. The Morgan fingerprint density at radius 1 is 1.39 bits per heavy atom. The van der Waals surface area contributed by atoms with Gasteiger partial charge in [-0.3, -0.25) is 9.59 Å². The summed E-state index contributed by atoms with van der Waals surface area (Å²) in [6, 6.07) is 7.48. The molecule has 1 unspecified atom stereocenters. The fourth-order valence-corrected chi connectivity index (χ4v) is 4.43. The van der Waals surface area contributed by atoms with Crippen LogP contribution in [-0.4, -0.2) is 41.3 Å². The van der Waals surface area contributed by atoms with Crippen LogP contribution in [0.25, 0.3) is 6.08 Å². The second-order valence-corrected chi connectivity index (χ2v) is 8.19. The number of amides is 2. The Balaban J connectivity index is 1.58. The summed E-state index contributed by atoms with van der Waals surface area (Å²) in [6.07, 6.45) is 6.11. The Hall–Kier alpha value is -2.18. The molecule has 0 spiro atoms. The van der Waals surface area contributed by atoms with Crippen molar-refractivity contribution in [2.75, 3.05) is 19.6 Å². The lowest BCUT2D eigenvalue weighted by Gasteiger charge is -2.31. The van der Waals surface area contributed by atoms with Crippen LogP contribution in [0.3, 0.4) is 0 Å². The van der Waals surface area contributed by atoms with Crippen LogP contribution in [0.5, 0.6) is 0 Å². The van der Waals surface area contributed by atoms with Crippen LogP contribution in [0.15, 0.2) is 35.7 Å². The maximum atomic E-state index is 12.6. The number of carbonyl (C=O) groups excluding carboxylic acids is 2. The lowest BCUT2D eigenvalue weighted by molar-refractivity contribution is -0.127. The van der Waals surface area contributed by atoms with Gasteiger partial charge in [-0.1, -0.05) is 29.8 Å².